The smallest absolute Gasteiger partial charge is 0.224 e. The van der Waals surface area contributed by atoms with E-state index in [0.29, 0.717) is 17.4 Å². The first-order valence-electron chi connectivity index (χ1n) is 12.5. The first-order valence-corrected chi connectivity index (χ1v) is 12.9. The van der Waals surface area contributed by atoms with Gasteiger partial charge in [0.1, 0.15) is 0 Å². The van der Waals surface area contributed by atoms with Gasteiger partial charge in [-0.15, -0.1) is 0 Å². The van der Waals surface area contributed by atoms with Crippen molar-refractivity contribution in [3.8, 4) is 0 Å². The molecule has 0 aliphatic carbocycles. The van der Waals surface area contributed by atoms with Crippen LogP contribution >= 0.6 is 11.6 Å². The summed E-state index contributed by atoms with van der Waals surface area (Å²) in [6, 6.07) is 21.7. The molecule has 6 heteroatoms. The molecule has 1 aliphatic heterocycles. The molecule has 0 saturated carbocycles. The van der Waals surface area contributed by atoms with E-state index in [1.54, 1.807) is 6.92 Å². The number of fused-ring (bicyclic) bond motifs is 1. The number of anilines is 3. The summed E-state index contributed by atoms with van der Waals surface area (Å²) in [5, 5.41) is 12.3. The second-order valence-corrected chi connectivity index (χ2v) is 10.6. The van der Waals surface area contributed by atoms with Crippen molar-refractivity contribution in [2.24, 2.45) is 0 Å². The van der Waals surface area contributed by atoms with E-state index in [9.17, 15) is 9.90 Å². The van der Waals surface area contributed by atoms with E-state index in [2.05, 4.69) is 43.9 Å². The molecule has 0 spiro atoms. The van der Waals surface area contributed by atoms with Crippen LogP contribution in [0.3, 0.4) is 0 Å². The molecule has 0 fully saturated rings. The van der Waals surface area contributed by atoms with Crippen LogP contribution in [0, 0.1) is 0 Å². The highest BCUT2D eigenvalue weighted by molar-refractivity contribution is 6.30. The Hall–Kier alpha value is -3.02. The van der Waals surface area contributed by atoms with Crippen molar-refractivity contribution < 1.29 is 9.90 Å². The summed E-state index contributed by atoms with van der Waals surface area (Å²) < 4.78 is 0. The Bertz CT molecular complexity index is 1210. The number of benzene rings is 3. The summed E-state index contributed by atoms with van der Waals surface area (Å²) in [6.45, 7) is 8.06. The third-order valence-corrected chi connectivity index (χ3v) is 7.38. The van der Waals surface area contributed by atoms with Gasteiger partial charge in [0, 0.05) is 54.7 Å². The molecule has 0 saturated heterocycles. The lowest BCUT2D eigenvalue weighted by molar-refractivity contribution is -0.117. The van der Waals surface area contributed by atoms with E-state index in [1.165, 1.54) is 5.56 Å². The molecule has 5 nitrogen and oxygen atoms in total. The molecular formula is C30H36ClN3O2. The monoisotopic (exact) mass is 505 g/mol. The fraction of sp³-hybridized carbons (Fsp3) is 0.367. The Morgan fingerprint density at radius 1 is 0.972 bits per heavy atom. The summed E-state index contributed by atoms with van der Waals surface area (Å²) in [5.74, 6) is 0.311. The van der Waals surface area contributed by atoms with Crippen molar-refractivity contribution in [3.63, 3.8) is 0 Å². The lowest BCUT2D eigenvalue weighted by Crippen LogP contribution is -2.46. The number of amides is 1. The maximum Gasteiger partial charge on any atom is 0.224 e. The SMILES string of the molecule is CC(=O)N(c1ccc(Cl)cc1)C1CC(C)N(C(O)c2ccc(N(C)C)cc2)c2cc(C(C)C)ccc21. The van der Waals surface area contributed by atoms with Gasteiger partial charge in [-0.05, 0) is 72.9 Å². The van der Waals surface area contributed by atoms with Gasteiger partial charge < -0.3 is 19.8 Å². The van der Waals surface area contributed by atoms with Gasteiger partial charge in [-0.2, -0.15) is 0 Å². The topological polar surface area (TPSA) is 47.0 Å². The highest BCUT2D eigenvalue weighted by atomic mass is 35.5. The maximum absolute atomic E-state index is 13.0. The van der Waals surface area contributed by atoms with Crippen LogP contribution in [0.1, 0.15) is 69.0 Å². The Morgan fingerprint density at radius 3 is 2.11 bits per heavy atom. The highest BCUT2D eigenvalue weighted by Crippen LogP contribution is 2.46. The van der Waals surface area contributed by atoms with Gasteiger partial charge in [0.25, 0.3) is 0 Å². The van der Waals surface area contributed by atoms with E-state index in [0.717, 1.165) is 28.2 Å². The van der Waals surface area contributed by atoms with Crippen LogP contribution in [0.2, 0.25) is 5.02 Å². The molecule has 3 aromatic rings. The van der Waals surface area contributed by atoms with E-state index < -0.39 is 6.23 Å². The molecule has 190 valence electrons. The predicted octanol–water partition coefficient (Wildman–Crippen LogP) is 6.91. The molecule has 0 aromatic heterocycles. The van der Waals surface area contributed by atoms with E-state index in [4.69, 9.17) is 11.6 Å². The van der Waals surface area contributed by atoms with Gasteiger partial charge in [-0.25, -0.2) is 0 Å². The normalized spacial score (nSPS) is 18.1. The first kappa shape index (κ1) is 26.1. The number of hydrogen-bond donors (Lipinski definition) is 1. The van der Waals surface area contributed by atoms with Crippen molar-refractivity contribution in [3.05, 3.63) is 88.4 Å². The molecule has 3 unspecified atom stereocenters. The van der Waals surface area contributed by atoms with Crippen molar-refractivity contribution in [1.82, 2.24) is 0 Å². The van der Waals surface area contributed by atoms with Gasteiger partial charge in [-0.3, -0.25) is 4.79 Å². The molecule has 0 radical (unpaired) electrons. The number of rotatable bonds is 6. The number of nitrogens with zero attached hydrogens (tertiary/aromatic N) is 3. The minimum Gasteiger partial charge on any atom is -0.378 e. The average Bonchev–Trinajstić information content (AvgIpc) is 2.84. The van der Waals surface area contributed by atoms with Crippen LogP contribution in [0.5, 0.6) is 0 Å². The summed E-state index contributed by atoms with van der Waals surface area (Å²) in [6.07, 6.45) is -0.122. The zero-order valence-corrected chi connectivity index (χ0v) is 22.7. The van der Waals surface area contributed by atoms with Crippen molar-refractivity contribution in [2.45, 2.75) is 58.3 Å². The molecule has 3 aromatic carbocycles. The molecule has 1 N–H and O–H groups in total. The maximum atomic E-state index is 13.0. The molecule has 1 heterocycles. The third-order valence-electron chi connectivity index (χ3n) is 7.12. The predicted molar refractivity (Wildman–Crippen MR) is 150 cm³/mol. The van der Waals surface area contributed by atoms with Gasteiger partial charge in [0.05, 0.1) is 6.04 Å². The van der Waals surface area contributed by atoms with Crippen LogP contribution in [0.15, 0.2) is 66.7 Å². The number of carbonyl (C=O) groups is 1. The van der Waals surface area contributed by atoms with Crippen molar-refractivity contribution in [1.29, 1.82) is 0 Å². The quantitative estimate of drug-likeness (QED) is 0.395. The lowest BCUT2D eigenvalue weighted by atomic mass is 9.87. The minimum absolute atomic E-state index is 0.0115. The summed E-state index contributed by atoms with van der Waals surface area (Å²) >= 11 is 6.13. The van der Waals surface area contributed by atoms with Gasteiger partial charge >= 0.3 is 0 Å². The number of aliphatic hydroxyl groups is 1. The van der Waals surface area contributed by atoms with Crippen LogP contribution in [0.4, 0.5) is 17.1 Å². The lowest BCUT2D eigenvalue weighted by Gasteiger charge is -2.46. The van der Waals surface area contributed by atoms with Crippen molar-refractivity contribution >= 4 is 34.6 Å². The van der Waals surface area contributed by atoms with E-state index >= 15 is 0 Å². The average molecular weight is 506 g/mol. The summed E-state index contributed by atoms with van der Waals surface area (Å²) in [5.41, 5.74) is 5.94. The Labute approximate surface area is 219 Å². The molecule has 4 rings (SSSR count). The van der Waals surface area contributed by atoms with Gasteiger partial charge in [-0.1, -0.05) is 49.7 Å². The van der Waals surface area contributed by atoms with E-state index in [1.807, 2.05) is 72.4 Å². The van der Waals surface area contributed by atoms with Crippen LogP contribution in [-0.4, -0.2) is 31.2 Å². The molecule has 36 heavy (non-hydrogen) atoms. The molecule has 0 bridgehead atoms. The number of halogens is 1. The standard InChI is InChI=1S/C30H36ClN3O2/c1-19(2)23-9-16-27-28(34(21(4)35)26-14-10-24(31)11-15-26)17-20(3)33(29(27)18-23)30(36)22-7-12-25(13-8-22)32(5)6/h7-16,18-20,28,30,36H,17H2,1-6H3. The minimum atomic E-state index is -0.806. The number of carbonyl (C=O) groups excluding carboxylic acids is 1. The van der Waals surface area contributed by atoms with Crippen molar-refractivity contribution in [2.75, 3.05) is 28.8 Å². The fourth-order valence-electron chi connectivity index (χ4n) is 5.13. The second-order valence-electron chi connectivity index (χ2n) is 10.2. The van der Waals surface area contributed by atoms with Crippen LogP contribution in [-0.2, 0) is 4.79 Å². The van der Waals surface area contributed by atoms with Crippen LogP contribution in [0.25, 0.3) is 0 Å². The Balaban J connectivity index is 1.81. The fourth-order valence-corrected chi connectivity index (χ4v) is 5.26. The Morgan fingerprint density at radius 2 is 1.56 bits per heavy atom. The van der Waals surface area contributed by atoms with Gasteiger partial charge in [0.2, 0.25) is 5.91 Å². The first-order chi connectivity index (χ1) is 17.1. The highest BCUT2D eigenvalue weighted by Gasteiger charge is 2.38. The molecule has 1 amide bonds. The summed E-state index contributed by atoms with van der Waals surface area (Å²) in [7, 11) is 4.01. The van der Waals surface area contributed by atoms with Crippen LogP contribution < -0.4 is 14.7 Å². The second kappa shape index (κ2) is 10.5. The number of hydrogen-bond acceptors (Lipinski definition) is 4. The summed E-state index contributed by atoms with van der Waals surface area (Å²) in [4.78, 5) is 19.0. The van der Waals surface area contributed by atoms with E-state index in [-0.39, 0.29) is 18.0 Å². The number of aliphatic hydroxyl groups excluding tert-OH is 1. The molecular weight excluding hydrogens is 470 g/mol. The molecule has 1 aliphatic rings. The Kier molecular flexibility index (Phi) is 7.62. The zero-order chi connectivity index (χ0) is 26.1. The third kappa shape index (κ3) is 5.09. The zero-order valence-electron chi connectivity index (χ0n) is 21.9. The van der Waals surface area contributed by atoms with Gasteiger partial charge in [0.15, 0.2) is 6.23 Å². The molecule has 3 atom stereocenters. The largest absolute Gasteiger partial charge is 0.378 e.